The molecule has 1 amide bonds. The molecule has 0 bridgehead atoms. The maximum Gasteiger partial charge on any atom is 0.276 e. The van der Waals surface area contributed by atoms with Gasteiger partial charge in [-0.1, -0.05) is 17.3 Å². The average Bonchev–Trinajstić information content (AvgIpc) is 3.30. The van der Waals surface area contributed by atoms with Crippen LogP contribution in [-0.2, 0) is 17.9 Å². The first kappa shape index (κ1) is 15.1. The van der Waals surface area contributed by atoms with Crippen LogP contribution in [0.5, 0.6) is 5.75 Å². The summed E-state index contributed by atoms with van der Waals surface area (Å²) in [5.41, 5.74) is 2.27. The maximum absolute atomic E-state index is 12.5. The smallest absolute Gasteiger partial charge is 0.276 e. The summed E-state index contributed by atoms with van der Waals surface area (Å²) in [6.07, 6.45) is 2.02. The van der Waals surface area contributed by atoms with Gasteiger partial charge in [0, 0.05) is 13.1 Å². The lowest BCUT2D eigenvalue weighted by atomic mass is 10.1. The van der Waals surface area contributed by atoms with Crippen LogP contribution in [0.25, 0.3) is 0 Å². The van der Waals surface area contributed by atoms with Crippen LogP contribution in [0.1, 0.15) is 40.7 Å². The third-order valence-electron chi connectivity index (χ3n) is 4.68. The lowest BCUT2D eigenvalue weighted by molar-refractivity contribution is -0.00194. The van der Waals surface area contributed by atoms with Gasteiger partial charge in [0.15, 0.2) is 5.69 Å². The minimum atomic E-state index is -0.0974. The van der Waals surface area contributed by atoms with Crippen molar-refractivity contribution in [2.24, 2.45) is 0 Å². The van der Waals surface area contributed by atoms with Crippen molar-refractivity contribution in [2.75, 3.05) is 20.2 Å². The zero-order chi connectivity index (χ0) is 16.5. The second-order valence-corrected chi connectivity index (χ2v) is 6.14. The van der Waals surface area contributed by atoms with Crippen LogP contribution in [0.15, 0.2) is 24.3 Å². The molecule has 1 aromatic heterocycles. The van der Waals surface area contributed by atoms with E-state index in [1.807, 2.05) is 29.2 Å². The molecule has 2 aliphatic rings. The molecule has 3 heterocycles. The molecule has 0 spiro atoms. The average molecular weight is 328 g/mol. The van der Waals surface area contributed by atoms with E-state index < -0.39 is 0 Å². The highest BCUT2D eigenvalue weighted by Crippen LogP contribution is 2.28. The zero-order valence-corrected chi connectivity index (χ0v) is 13.6. The Morgan fingerprint density at radius 2 is 2.00 bits per heavy atom. The van der Waals surface area contributed by atoms with E-state index in [9.17, 15) is 4.79 Å². The third kappa shape index (κ3) is 2.65. The molecule has 1 aromatic carbocycles. The van der Waals surface area contributed by atoms with Gasteiger partial charge in [-0.2, -0.15) is 0 Å². The molecular weight excluding hydrogens is 308 g/mol. The summed E-state index contributed by atoms with van der Waals surface area (Å²) in [7, 11) is 1.65. The maximum atomic E-state index is 12.5. The van der Waals surface area contributed by atoms with E-state index in [4.69, 9.17) is 9.47 Å². The number of carbonyl (C=O) groups excluding carboxylic acids is 1. The number of ether oxygens (including phenoxy) is 2. The van der Waals surface area contributed by atoms with Crippen LogP contribution in [0, 0.1) is 0 Å². The van der Waals surface area contributed by atoms with Gasteiger partial charge in [0.1, 0.15) is 11.9 Å². The highest BCUT2D eigenvalue weighted by Gasteiger charge is 2.30. The van der Waals surface area contributed by atoms with E-state index in [2.05, 4.69) is 10.3 Å². The molecule has 0 unspecified atom stereocenters. The lowest BCUT2D eigenvalue weighted by Gasteiger charge is -2.25. The first-order chi connectivity index (χ1) is 11.8. The minimum Gasteiger partial charge on any atom is -0.497 e. The number of aromatic nitrogens is 3. The van der Waals surface area contributed by atoms with Crippen molar-refractivity contribution >= 4 is 5.91 Å². The van der Waals surface area contributed by atoms with E-state index in [1.54, 1.807) is 11.8 Å². The van der Waals surface area contributed by atoms with Crippen molar-refractivity contribution in [1.29, 1.82) is 0 Å². The van der Waals surface area contributed by atoms with Crippen molar-refractivity contribution < 1.29 is 14.3 Å². The van der Waals surface area contributed by atoms with Crippen LogP contribution < -0.4 is 4.74 Å². The molecule has 2 aliphatic heterocycles. The number of carbonyl (C=O) groups is 1. The van der Waals surface area contributed by atoms with Gasteiger partial charge in [-0.05, 0) is 30.5 Å². The number of amides is 1. The number of rotatable bonds is 3. The summed E-state index contributed by atoms with van der Waals surface area (Å²) < 4.78 is 12.9. The highest BCUT2D eigenvalue weighted by atomic mass is 16.5. The highest BCUT2D eigenvalue weighted by molar-refractivity contribution is 5.93. The fraction of sp³-hybridized carbons (Fsp3) is 0.471. The Bertz CT molecular complexity index is 735. The number of benzene rings is 1. The molecule has 1 saturated heterocycles. The number of hydrogen-bond donors (Lipinski definition) is 0. The number of fused-ring (bicyclic) bond motifs is 1. The van der Waals surface area contributed by atoms with E-state index in [0.717, 1.165) is 42.9 Å². The first-order valence-electron chi connectivity index (χ1n) is 8.23. The Labute approximate surface area is 140 Å². The summed E-state index contributed by atoms with van der Waals surface area (Å²) in [6, 6.07) is 7.80. The predicted octanol–water partition coefficient (Wildman–Crippen LogP) is 1.79. The molecule has 126 valence electrons. The van der Waals surface area contributed by atoms with Gasteiger partial charge in [0.2, 0.25) is 0 Å². The molecule has 0 radical (unpaired) electrons. The van der Waals surface area contributed by atoms with Crippen LogP contribution in [0.4, 0.5) is 0 Å². The van der Waals surface area contributed by atoms with Gasteiger partial charge in [-0.25, -0.2) is 4.68 Å². The Morgan fingerprint density at radius 1 is 1.25 bits per heavy atom. The molecule has 2 aromatic rings. The number of nitrogens with zero attached hydrogens (tertiary/aromatic N) is 4. The van der Waals surface area contributed by atoms with E-state index in [-0.39, 0.29) is 12.0 Å². The Morgan fingerprint density at radius 3 is 2.71 bits per heavy atom. The molecule has 7 heteroatoms. The molecule has 0 N–H and O–H groups in total. The van der Waals surface area contributed by atoms with Crippen LogP contribution in [-0.4, -0.2) is 46.0 Å². The molecule has 1 fully saturated rings. The van der Waals surface area contributed by atoms with Crippen LogP contribution in [0.3, 0.4) is 0 Å². The van der Waals surface area contributed by atoms with Gasteiger partial charge < -0.3 is 14.4 Å². The Kier molecular flexibility index (Phi) is 3.93. The van der Waals surface area contributed by atoms with E-state index in [0.29, 0.717) is 18.8 Å². The molecular formula is C17H20N4O3. The molecule has 24 heavy (non-hydrogen) atoms. The third-order valence-corrected chi connectivity index (χ3v) is 4.68. The Balaban J connectivity index is 1.52. The topological polar surface area (TPSA) is 69.5 Å². The number of likely N-dealkylation sites (tertiary alicyclic amines) is 1. The normalized spacial score (nSPS) is 20.0. The van der Waals surface area contributed by atoms with E-state index in [1.165, 1.54) is 0 Å². The fourth-order valence-electron chi connectivity index (χ4n) is 3.27. The van der Waals surface area contributed by atoms with Gasteiger partial charge in [0.25, 0.3) is 5.91 Å². The van der Waals surface area contributed by atoms with Crippen molar-refractivity contribution in [1.82, 2.24) is 19.9 Å². The van der Waals surface area contributed by atoms with Crippen molar-refractivity contribution in [3.63, 3.8) is 0 Å². The molecule has 4 rings (SSSR count). The molecule has 0 saturated carbocycles. The lowest BCUT2D eigenvalue weighted by Crippen LogP contribution is -2.30. The standard InChI is InChI=1S/C17H20N4O3/c1-23-13-6-4-12(5-7-13)15-10-21-14(11-24-15)16(18-19-21)17(22)20-8-2-3-9-20/h4-7,15H,2-3,8-11H2,1H3/t15-/m0/s1. The minimum absolute atomic E-state index is 0.0275. The first-order valence-corrected chi connectivity index (χ1v) is 8.23. The van der Waals surface area contributed by atoms with Gasteiger partial charge in [-0.3, -0.25) is 4.79 Å². The molecule has 7 nitrogen and oxygen atoms in total. The van der Waals surface area contributed by atoms with Crippen molar-refractivity contribution in [3.05, 3.63) is 41.2 Å². The summed E-state index contributed by atoms with van der Waals surface area (Å²) >= 11 is 0. The van der Waals surface area contributed by atoms with Crippen LogP contribution >= 0.6 is 0 Å². The van der Waals surface area contributed by atoms with Gasteiger partial charge in [-0.15, -0.1) is 5.10 Å². The largest absolute Gasteiger partial charge is 0.497 e. The predicted molar refractivity (Wildman–Crippen MR) is 85.7 cm³/mol. The van der Waals surface area contributed by atoms with Crippen LogP contribution in [0.2, 0.25) is 0 Å². The summed E-state index contributed by atoms with van der Waals surface area (Å²) in [5, 5.41) is 8.29. The summed E-state index contributed by atoms with van der Waals surface area (Å²) in [4.78, 5) is 14.4. The quantitative estimate of drug-likeness (QED) is 0.859. The van der Waals surface area contributed by atoms with Gasteiger partial charge >= 0.3 is 0 Å². The van der Waals surface area contributed by atoms with Gasteiger partial charge in [0.05, 0.1) is 26.0 Å². The molecule has 1 atom stereocenters. The summed E-state index contributed by atoms with van der Waals surface area (Å²) in [6.45, 7) is 2.52. The SMILES string of the molecule is COc1ccc([C@@H]2Cn3nnc(C(=O)N4CCCC4)c3CO2)cc1. The number of hydrogen-bond acceptors (Lipinski definition) is 5. The monoisotopic (exact) mass is 328 g/mol. The number of methoxy groups -OCH3 is 1. The zero-order valence-electron chi connectivity index (χ0n) is 13.6. The molecule has 0 aliphatic carbocycles. The Hall–Kier alpha value is -2.41. The van der Waals surface area contributed by atoms with Crippen molar-refractivity contribution in [3.8, 4) is 5.75 Å². The summed E-state index contributed by atoms with van der Waals surface area (Å²) in [5.74, 6) is 0.787. The fourth-order valence-corrected chi connectivity index (χ4v) is 3.27. The second kappa shape index (κ2) is 6.24. The second-order valence-electron chi connectivity index (χ2n) is 6.14. The van der Waals surface area contributed by atoms with E-state index >= 15 is 0 Å². The van der Waals surface area contributed by atoms with Crippen molar-refractivity contribution in [2.45, 2.75) is 32.1 Å².